The van der Waals surface area contributed by atoms with Crippen LogP contribution in [0, 0.1) is 6.92 Å². The number of benzene rings is 1. The fourth-order valence-corrected chi connectivity index (χ4v) is 3.20. The Morgan fingerprint density at radius 1 is 1.21 bits per heavy atom. The Labute approximate surface area is 146 Å². The Morgan fingerprint density at radius 3 is 2.38 bits per heavy atom. The molecule has 1 N–H and O–H groups in total. The molecule has 2 unspecified atom stereocenters. The molecule has 1 aliphatic heterocycles. The van der Waals surface area contributed by atoms with Gasteiger partial charge in [-0.25, -0.2) is 0 Å². The van der Waals surface area contributed by atoms with Gasteiger partial charge >= 0.3 is 0 Å². The number of aryl methyl sites for hydroxylation is 2. The van der Waals surface area contributed by atoms with Crippen LogP contribution >= 0.6 is 0 Å². The van der Waals surface area contributed by atoms with Gasteiger partial charge in [-0.2, -0.15) is 0 Å². The molecule has 0 saturated carbocycles. The molecule has 1 aliphatic rings. The van der Waals surface area contributed by atoms with Crippen molar-refractivity contribution in [2.24, 2.45) is 0 Å². The molecule has 134 valence electrons. The summed E-state index contributed by atoms with van der Waals surface area (Å²) in [6, 6.07) is 8.39. The summed E-state index contributed by atoms with van der Waals surface area (Å²) in [6.07, 6.45) is 1.81. The monoisotopic (exact) mass is 332 g/mol. The predicted molar refractivity (Wildman–Crippen MR) is 98.2 cm³/mol. The highest BCUT2D eigenvalue weighted by molar-refractivity contribution is 5.76. The van der Waals surface area contributed by atoms with E-state index in [1.807, 2.05) is 0 Å². The quantitative estimate of drug-likeness (QED) is 0.871. The van der Waals surface area contributed by atoms with Crippen LogP contribution in [-0.4, -0.2) is 48.2 Å². The van der Waals surface area contributed by atoms with Crippen LogP contribution in [0.5, 0.6) is 0 Å². The van der Waals surface area contributed by atoms with Crippen LogP contribution in [0.4, 0.5) is 0 Å². The van der Waals surface area contributed by atoms with Gasteiger partial charge in [0.25, 0.3) is 0 Å². The molecule has 1 heterocycles. The largest absolute Gasteiger partial charge is 0.373 e. The lowest BCUT2D eigenvalue weighted by molar-refractivity contribution is -0.122. The van der Waals surface area contributed by atoms with E-state index in [2.05, 4.69) is 69.1 Å². The molecule has 1 aromatic carbocycles. The van der Waals surface area contributed by atoms with E-state index in [1.54, 1.807) is 0 Å². The van der Waals surface area contributed by atoms with Gasteiger partial charge in [-0.3, -0.25) is 9.69 Å². The van der Waals surface area contributed by atoms with Gasteiger partial charge in [0.05, 0.1) is 12.2 Å². The van der Waals surface area contributed by atoms with Crippen molar-refractivity contribution in [2.75, 3.05) is 19.6 Å². The summed E-state index contributed by atoms with van der Waals surface area (Å²) in [5.41, 5.74) is 2.40. The van der Waals surface area contributed by atoms with E-state index in [-0.39, 0.29) is 23.7 Å². The second kappa shape index (κ2) is 8.13. The average molecular weight is 332 g/mol. The van der Waals surface area contributed by atoms with Crippen LogP contribution in [0.2, 0.25) is 0 Å². The lowest BCUT2D eigenvalue weighted by atomic mass is 10.00. The number of hydrogen-bond acceptors (Lipinski definition) is 3. The Balaban J connectivity index is 1.78. The van der Waals surface area contributed by atoms with E-state index in [4.69, 9.17) is 4.74 Å². The number of nitrogens with zero attached hydrogens (tertiary/aromatic N) is 1. The zero-order chi connectivity index (χ0) is 17.7. The molecule has 4 heteroatoms. The molecule has 1 amide bonds. The molecule has 0 aliphatic carbocycles. The van der Waals surface area contributed by atoms with E-state index in [9.17, 15) is 4.79 Å². The third-order valence-electron chi connectivity index (χ3n) is 4.76. The van der Waals surface area contributed by atoms with Crippen molar-refractivity contribution < 1.29 is 9.53 Å². The second-order valence-electron chi connectivity index (χ2n) is 7.74. The molecule has 1 saturated heterocycles. The summed E-state index contributed by atoms with van der Waals surface area (Å²) in [5, 5.41) is 3.11. The molecular weight excluding hydrogens is 300 g/mol. The number of hydrogen-bond donors (Lipinski definition) is 1. The van der Waals surface area contributed by atoms with E-state index in [1.165, 1.54) is 11.1 Å². The van der Waals surface area contributed by atoms with Gasteiger partial charge in [0.1, 0.15) is 0 Å². The minimum absolute atomic E-state index is 0.0637. The fourth-order valence-electron chi connectivity index (χ4n) is 3.20. The molecule has 2 rings (SSSR count). The lowest BCUT2D eigenvalue weighted by Crippen LogP contribution is -2.58. The maximum absolute atomic E-state index is 12.2. The number of carbonyl (C=O) groups is 1. The van der Waals surface area contributed by atoms with Crippen LogP contribution in [0.1, 0.15) is 45.2 Å². The summed E-state index contributed by atoms with van der Waals surface area (Å²) in [4.78, 5) is 14.6. The average Bonchev–Trinajstić information content (AvgIpc) is 2.51. The van der Waals surface area contributed by atoms with E-state index in [0.717, 1.165) is 19.5 Å². The fraction of sp³-hybridized carbons (Fsp3) is 0.650. The minimum atomic E-state index is -0.0637. The molecule has 0 radical (unpaired) electrons. The van der Waals surface area contributed by atoms with Crippen molar-refractivity contribution in [3.8, 4) is 0 Å². The van der Waals surface area contributed by atoms with Gasteiger partial charge in [-0.05, 0) is 46.6 Å². The molecule has 1 fully saturated rings. The van der Waals surface area contributed by atoms with E-state index in [0.29, 0.717) is 13.0 Å². The number of morpholine rings is 1. The topological polar surface area (TPSA) is 41.6 Å². The SMILES string of the molecule is Cc1ccc(CCC(=O)NCC(C)(C)N2CC(C)OC(C)C2)cc1. The number of nitrogens with one attached hydrogen (secondary N) is 1. The van der Waals surface area contributed by atoms with Crippen molar-refractivity contribution in [1.82, 2.24) is 10.2 Å². The Hall–Kier alpha value is -1.39. The second-order valence-corrected chi connectivity index (χ2v) is 7.74. The predicted octanol–water partition coefficient (Wildman–Crippen LogP) is 2.93. The number of ether oxygens (including phenoxy) is 1. The summed E-state index contributed by atoms with van der Waals surface area (Å²) >= 11 is 0. The first-order valence-corrected chi connectivity index (χ1v) is 8.99. The molecular formula is C20H32N2O2. The summed E-state index contributed by atoms with van der Waals surface area (Å²) < 4.78 is 5.80. The van der Waals surface area contributed by atoms with Crippen molar-refractivity contribution in [1.29, 1.82) is 0 Å². The standard InChI is InChI=1S/C20H32N2O2/c1-15-6-8-18(9-7-15)10-11-19(23)21-14-20(4,5)22-12-16(2)24-17(3)13-22/h6-9,16-17H,10-14H2,1-5H3,(H,21,23). The highest BCUT2D eigenvalue weighted by atomic mass is 16.5. The van der Waals surface area contributed by atoms with Crippen molar-refractivity contribution in [2.45, 2.75) is 65.2 Å². The first kappa shape index (κ1) is 18.9. The first-order chi connectivity index (χ1) is 11.3. The molecule has 1 aromatic rings. The van der Waals surface area contributed by atoms with Crippen LogP contribution < -0.4 is 5.32 Å². The van der Waals surface area contributed by atoms with Crippen LogP contribution in [0.25, 0.3) is 0 Å². The lowest BCUT2D eigenvalue weighted by Gasteiger charge is -2.45. The van der Waals surface area contributed by atoms with Crippen molar-refractivity contribution in [3.05, 3.63) is 35.4 Å². The highest BCUT2D eigenvalue weighted by Crippen LogP contribution is 2.20. The maximum Gasteiger partial charge on any atom is 0.220 e. The summed E-state index contributed by atoms with van der Waals surface area (Å²) in [5.74, 6) is 0.123. The molecule has 2 atom stereocenters. The Kier molecular flexibility index (Phi) is 6.41. The van der Waals surface area contributed by atoms with E-state index >= 15 is 0 Å². The molecule has 0 bridgehead atoms. The zero-order valence-corrected chi connectivity index (χ0v) is 15.8. The normalized spacial score (nSPS) is 22.4. The molecule has 24 heavy (non-hydrogen) atoms. The van der Waals surface area contributed by atoms with Gasteiger partial charge in [0, 0.05) is 31.6 Å². The minimum Gasteiger partial charge on any atom is -0.373 e. The number of amides is 1. The van der Waals surface area contributed by atoms with Gasteiger partial charge in [0.15, 0.2) is 0 Å². The molecule has 0 spiro atoms. The summed E-state index contributed by atoms with van der Waals surface area (Å²) in [6.45, 7) is 13.2. The van der Waals surface area contributed by atoms with E-state index < -0.39 is 0 Å². The van der Waals surface area contributed by atoms with Crippen LogP contribution in [-0.2, 0) is 16.0 Å². The molecule has 4 nitrogen and oxygen atoms in total. The number of carbonyl (C=O) groups excluding carboxylic acids is 1. The highest BCUT2D eigenvalue weighted by Gasteiger charge is 2.33. The van der Waals surface area contributed by atoms with Crippen LogP contribution in [0.15, 0.2) is 24.3 Å². The smallest absolute Gasteiger partial charge is 0.220 e. The summed E-state index contributed by atoms with van der Waals surface area (Å²) in [7, 11) is 0. The van der Waals surface area contributed by atoms with Crippen molar-refractivity contribution in [3.63, 3.8) is 0 Å². The third kappa shape index (κ3) is 5.60. The maximum atomic E-state index is 12.2. The zero-order valence-electron chi connectivity index (χ0n) is 15.8. The third-order valence-corrected chi connectivity index (χ3v) is 4.76. The molecule has 0 aromatic heterocycles. The van der Waals surface area contributed by atoms with Gasteiger partial charge < -0.3 is 10.1 Å². The van der Waals surface area contributed by atoms with Crippen molar-refractivity contribution >= 4 is 5.91 Å². The Morgan fingerprint density at radius 2 is 1.79 bits per heavy atom. The first-order valence-electron chi connectivity index (χ1n) is 8.99. The van der Waals surface area contributed by atoms with Crippen LogP contribution in [0.3, 0.4) is 0 Å². The Bertz CT molecular complexity index is 529. The van der Waals surface area contributed by atoms with Gasteiger partial charge in [-0.1, -0.05) is 29.8 Å². The van der Waals surface area contributed by atoms with Gasteiger partial charge in [-0.15, -0.1) is 0 Å². The number of rotatable bonds is 6. The van der Waals surface area contributed by atoms with Gasteiger partial charge in [0.2, 0.25) is 5.91 Å².